The Morgan fingerprint density at radius 2 is 2.29 bits per heavy atom. The van der Waals surface area contributed by atoms with E-state index in [0.29, 0.717) is 5.84 Å². The number of amidine groups is 1. The Morgan fingerprint density at radius 1 is 1.50 bits per heavy atom. The molecule has 0 aliphatic carbocycles. The third kappa shape index (κ3) is 1.41. The number of imidazole rings is 1. The molecule has 5 nitrogen and oxygen atoms in total. The molecule has 1 atom stereocenters. The van der Waals surface area contributed by atoms with E-state index in [1.54, 1.807) is 12.5 Å². The van der Waals surface area contributed by atoms with Crippen molar-refractivity contribution in [3.05, 3.63) is 18.2 Å². The highest BCUT2D eigenvalue weighted by Gasteiger charge is 2.18. The van der Waals surface area contributed by atoms with Gasteiger partial charge in [0.15, 0.2) is 0 Å². The van der Waals surface area contributed by atoms with Crippen LogP contribution in [0.25, 0.3) is 0 Å². The number of nitrogens with two attached hydrogens (primary N) is 1. The smallest absolute Gasteiger partial charge is 0.125 e. The van der Waals surface area contributed by atoms with Gasteiger partial charge in [0.1, 0.15) is 5.84 Å². The Balaban J connectivity index is 2.34. The SMILES string of the molecule is CC1CC(c2cncn2C)=NN=C1N. The highest BCUT2D eigenvalue weighted by molar-refractivity contribution is 6.03. The molecule has 0 saturated heterocycles. The Bertz CT molecular complexity index is 401. The summed E-state index contributed by atoms with van der Waals surface area (Å²) in [6, 6.07) is 0. The molecule has 5 heteroatoms. The zero-order valence-electron chi connectivity index (χ0n) is 8.31. The standard InChI is InChI=1S/C9H13N5/c1-6-3-7(12-13-9(6)10)8-4-11-5-14(8)2/h4-6H,3H2,1-2H3,(H2,10,13). The van der Waals surface area contributed by atoms with Crippen LogP contribution in [-0.4, -0.2) is 21.1 Å². The van der Waals surface area contributed by atoms with Crippen LogP contribution in [0.1, 0.15) is 19.0 Å². The van der Waals surface area contributed by atoms with E-state index in [2.05, 4.69) is 15.2 Å². The predicted octanol–water partition coefficient (Wildman–Crippen LogP) is 0.521. The van der Waals surface area contributed by atoms with Crippen LogP contribution in [-0.2, 0) is 7.05 Å². The lowest BCUT2D eigenvalue weighted by atomic mass is 10.0. The average Bonchev–Trinajstić information content (AvgIpc) is 2.57. The third-order valence-corrected chi connectivity index (χ3v) is 2.40. The molecule has 14 heavy (non-hydrogen) atoms. The van der Waals surface area contributed by atoms with Crippen LogP contribution in [0, 0.1) is 5.92 Å². The lowest BCUT2D eigenvalue weighted by Gasteiger charge is -2.15. The topological polar surface area (TPSA) is 68.6 Å². The van der Waals surface area contributed by atoms with Crippen LogP contribution in [0.5, 0.6) is 0 Å². The summed E-state index contributed by atoms with van der Waals surface area (Å²) in [4.78, 5) is 4.04. The molecule has 0 fully saturated rings. The minimum Gasteiger partial charge on any atom is -0.385 e. The van der Waals surface area contributed by atoms with Crippen LogP contribution in [0.4, 0.5) is 0 Å². The van der Waals surface area contributed by atoms with Crippen molar-refractivity contribution in [2.45, 2.75) is 13.3 Å². The van der Waals surface area contributed by atoms with Gasteiger partial charge in [-0.2, -0.15) is 5.10 Å². The molecule has 1 aromatic heterocycles. The quantitative estimate of drug-likeness (QED) is 0.703. The number of nitrogens with zero attached hydrogens (tertiary/aromatic N) is 4. The molecule has 2 heterocycles. The maximum atomic E-state index is 5.65. The van der Waals surface area contributed by atoms with Gasteiger partial charge in [-0.3, -0.25) is 0 Å². The zero-order valence-corrected chi connectivity index (χ0v) is 8.31. The summed E-state index contributed by atoms with van der Waals surface area (Å²) < 4.78 is 1.93. The minimum atomic E-state index is 0.261. The predicted molar refractivity (Wildman–Crippen MR) is 55.1 cm³/mol. The van der Waals surface area contributed by atoms with E-state index in [9.17, 15) is 0 Å². The van der Waals surface area contributed by atoms with Gasteiger partial charge in [0, 0.05) is 19.4 Å². The first-order valence-electron chi connectivity index (χ1n) is 4.55. The van der Waals surface area contributed by atoms with E-state index in [1.807, 2.05) is 18.5 Å². The molecule has 2 N–H and O–H groups in total. The molecule has 0 spiro atoms. The van der Waals surface area contributed by atoms with Gasteiger partial charge in [0.25, 0.3) is 0 Å². The van der Waals surface area contributed by atoms with Gasteiger partial charge >= 0.3 is 0 Å². The number of hydrogen-bond donors (Lipinski definition) is 1. The second kappa shape index (κ2) is 3.25. The fraction of sp³-hybridized carbons (Fsp3) is 0.444. The highest BCUT2D eigenvalue weighted by Crippen LogP contribution is 2.14. The molecule has 1 unspecified atom stereocenters. The number of rotatable bonds is 1. The normalized spacial score (nSPS) is 21.7. The van der Waals surface area contributed by atoms with Crippen LogP contribution in [0.15, 0.2) is 22.7 Å². The molecule has 74 valence electrons. The van der Waals surface area contributed by atoms with Crippen molar-refractivity contribution in [3.8, 4) is 0 Å². The van der Waals surface area contributed by atoms with Crippen LogP contribution < -0.4 is 5.73 Å². The molecule has 2 rings (SSSR count). The number of hydrogen-bond acceptors (Lipinski definition) is 4. The lowest BCUT2D eigenvalue weighted by Crippen LogP contribution is -2.27. The molecule has 0 aromatic carbocycles. The van der Waals surface area contributed by atoms with Crippen molar-refractivity contribution < 1.29 is 0 Å². The van der Waals surface area contributed by atoms with Gasteiger partial charge in [-0.25, -0.2) is 4.98 Å². The van der Waals surface area contributed by atoms with E-state index < -0.39 is 0 Å². The molecule has 0 amide bonds. The summed E-state index contributed by atoms with van der Waals surface area (Å²) in [7, 11) is 1.94. The van der Waals surface area contributed by atoms with Gasteiger partial charge < -0.3 is 10.3 Å². The molecule has 1 aliphatic rings. The van der Waals surface area contributed by atoms with Crippen molar-refractivity contribution in [2.75, 3.05) is 0 Å². The molecule has 1 aliphatic heterocycles. The second-order valence-corrected chi connectivity index (χ2v) is 3.57. The van der Waals surface area contributed by atoms with E-state index in [1.165, 1.54) is 0 Å². The minimum absolute atomic E-state index is 0.261. The summed E-state index contributed by atoms with van der Waals surface area (Å²) in [6.45, 7) is 2.05. The number of aromatic nitrogens is 2. The van der Waals surface area contributed by atoms with E-state index in [-0.39, 0.29) is 5.92 Å². The van der Waals surface area contributed by atoms with Crippen LogP contribution in [0.3, 0.4) is 0 Å². The highest BCUT2D eigenvalue weighted by atomic mass is 15.3. The molecular formula is C9H13N5. The van der Waals surface area contributed by atoms with Crippen molar-refractivity contribution in [3.63, 3.8) is 0 Å². The summed E-state index contributed by atoms with van der Waals surface area (Å²) >= 11 is 0. The van der Waals surface area contributed by atoms with Crippen molar-refractivity contribution in [2.24, 2.45) is 28.9 Å². The van der Waals surface area contributed by atoms with Crippen LogP contribution in [0.2, 0.25) is 0 Å². The molecule has 0 radical (unpaired) electrons. The van der Waals surface area contributed by atoms with E-state index >= 15 is 0 Å². The molecule has 0 saturated carbocycles. The average molecular weight is 191 g/mol. The first kappa shape index (κ1) is 8.93. The van der Waals surface area contributed by atoms with Crippen LogP contribution >= 0.6 is 0 Å². The van der Waals surface area contributed by atoms with E-state index in [4.69, 9.17) is 5.73 Å². The summed E-state index contributed by atoms with van der Waals surface area (Å²) in [6.07, 6.45) is 4.38. The number of aryl methyl sites for hydroxylation is 1. The lowest BCUT2D eigenvalue weighted by molar-refractivity contribution is 0.770. The fourth-order valence-electron chi connectivity index (χ4n) is 1.44. The van der Waals surface area contributed by atoms with Gasteiger partial charge in [-0.15, -0.1) is 5.10 Å². The first-order valence-corrected chi connectivity index (χ1v) is 4.55. The third-order valence-electron chi connectivity index (χ3n) is 2.40. The zero-order chi connectivity index (χ0) is 10.1. The Hall–Kier alpha value is -1.65. The Kier molecular flexibility index (Phi) is 2.07. The van der Waals surface area contributed by atoms with Gasteiger partial charge in [0.2, 0.25) is 0 Å². The summed E-state index contributed by atoms with van der Waals surface area (Å²) in [5.74, 6) is 0.869. The first-order chi connectivity index (χ1) is 6.68. The summed E-state index contributed by atoms with van der Waals surface area (Å²) in [5, 5.41) is 8.01. The molecular weight excluding hydrogens is 178 g/mol. The van der Waals surface area contributed by atoms with Gasteiger partial charge in [-0.1, -0.05) is 6.92 Å². The maximum absolute atomic E-state index is 5.65. The van der Waals surface area contributed by atoms with Crippen molar-refractivity contribution in [1.29, 1.82) is 0 Å². The van der Waals surface area contributed by atoms with Gasteiger partial charge in [-0.05, 0) is 0 Å². The summed E-state index contributed by atoms with van der Waals surface area (Å²) in [5.41, 5.74) is 7.61. The maximum Gasteiger partial charge on any atom is 0.125 e. The van der Waals surface area contributed by atoms with Gasteiger partial charge in [0.05, 0.1) is 23.9 Å². The largest absolute Gasteiger partial charge is 0.385 e. The Morgan fingerprint density at radius 3 is 2.86 bits per heavy atom. The Labute approximate surface area is 82.4 Å². The second-order valence-electron chi connectivity index (χ2n) is 3.57. The fourth-order valence-corrected chi connectivity index (χ4v) is 1.44. The molecule has 1 aromatic rings. The van der Waals surface area contributed by atoms with E-state index in [0.717, 1.165) is 17.8 Å². The molecule has 0 bridgehead atoms. The monoisotopic (exact) mass is 191 g/mol. The van der Waals surface area contributed by atoms with Crippen molar-refractivity contribution >= 4 is 11.5 Å². The van der Waals surface area contributed by atoms with Crippen molar-refractivity contribution in [1.82, 2.24) is 9.55 Å².